The monoisotopic (exact) mass is 268 g/mol. The van der Waals surface area contributed by atoms with Crippen molar-refractivity contribution in [2.24, 2.45) is 11.8 Å². The first-order chi connectivity index (χ1) is 9.74. The lowest BCUT2D eigenvalue weighted by molar-refractivity contribution is 0.0875. The van der Waals surface area contributed by atoms with E-state index in [1.54, 1.807) is 10.9 Å². The zero-order valence-electron chi connectivity index (χ0n) is 11.8. The molecular formula is C17H20N2O. The summed E-state index contributed by atoms with van der Waals surface area (Å²) in [6, 6.07) is 9.90. The molecule has 0 atom stereocenters. The first-order valence-electron chi connectivity index (χ1n) is 7.38. The van der Waals surface area contributed by atoms with Crippen LogP contribution in [0.4, 0.5) is 0 Å². The summed E-state index contributed by atoms with van der Waals surface area (Å²) in [5.74, 6) is 1.23. The molecule has 0 N–H and O–H groups in total. The minimum absolute atomic E-state index is 0.194. The quantitative estimate of drug-likeness (QED) is 0.792. The Morgan fingerprint density at radius 1 is 1.15 bits per heavy atom. The summed E-state index contributed by atoms with van der Waals surface area (Å²) in [6.07, 6.45) is 7.95. The second-order valence-electron chi connectivity index (χ2n) is 5.83. The summed E-state index contributed by atoms with van der Waals surface area (Å²) < 4.78 is 1.78. The van der Waals surface area contributed by atoms with Crippen LogP contribution in [-0.2, 0) is 0 Å². The van der Waals surface area contributed by atoms with Crippen LogP contribution in [0.25, 0.3) is 5.69 Å². The molecule has 0 aliphatic heterocycles. The maximum absolute atomic E-state index is 12.5. The van der Waals surface area contributed by atoms with Crippen LogP contribution < -0.4 is 0 Å². The van der Waals surface area contributed by atoms with E-state index in [0.717, 1.165) is 30.0 Å². The lowest BCUT2D eigenvalue weighted by atomic mass is 9.80. The van der Waals surface area contributed by atoms with Crippen LogP contribution in [-0.4, -0.2) is 15.6 Å². The Labute approximate surface area is 119 Å². The second kappa shape index (κ2) is 5.61. The number of para-hydroxylation sites is 1. The molecule has 0 unspecified atom stereocenters. The molecule has 1 saturated carbocycles. The fourth-order valence-electron chi connectivity index (χ4n) is 2.93. The highest BCUT2D eigenvalue weighted by Gasteiger charge is 2.26. The van der Waals surface area contributed by atoms with Crippen LogP contribution in [0.5, 0.6) is 0 Å². The largest absolute Gasteiger partial charge is 0.294 e. The van der Waals surface area contributed by atoms with E-state index in [4.69, 9.17) is 0 Å². The van der Waals surface area contributed by atoms with E-state index in [1.165, 1.54) is 12.8 Å². The highest BCUT2D eigenvalue weighted by molar-refractivity contribution is 5.97. The van der Waals surface area contributed by atoms with E-state index in [9.17, 15) is 4.79 Å². The predicted molar refractivity (Wildman–Crippen MR) is 79.0 cm³/mol. The van der Waals surface area contributed by atoms with E-state index in [1.807, 2.05) is 36.5 Å². The van der Waals surface area contributed by atoms with Crippen molar-refractivity contribution in [3.8, 4) is 5.69 Å². The Hall–Kier alpha value is -1.90. The Balaban J connectivity index is 1.75. The average molecular weight is 268 g/mol. The minimum Gasteiger partial charge on any atom is -0.294 e. The number of rotatable bonds is 3. The predicted octanol–water partition coefficient (Wildman–Crippen LogP) is 3.88. The van der Waals surface area contributed by atoms with E-state index in [0.29, 0.717) is 0 Å². The highest BCUT2D eigenvalue weighted by Crippen LogP contribution is 2.30. The maximum atomic E-state index is 12.5. The van der Waals surface area contributed by atoms with Gasteiger partial charge in [-0.3, -0.25) is 4.79 Å². The van der Waals surface area contributed by atoms with Crippen molar-refractivity contribution >= 4 is 5.78 Å². The molecule has 20 heavy (non-hydrogen) atoms. The van der Waals surface area contributed by atoms with Crippen LogP contribution in [0.3, 0.4) is 0 Å². The molecule has 0 spiro atoms. The molecule has 1 aromatic carbocycles. The number of aromatic nitrogens is 2. The fourth-order valence-corrected chi connectivity index (χ4v) is 2.93. The third-order valence-corrected chi connectivity index (χ3v) is 4.27. The number of carbonyl (C=O) groups excluding carboxylic acids is 1. The summed E-state index contributed by atoms with van der Waals surface area (Å²) in [7, 11) is 0. The van der Waals surface area contributed by atoms with Gasteiger partial charge in [0.1, 0.15) is 0 Å². The Kier molecular flexibility index (Phi) is 3.68. The first-order valence-corrected chi connectivity index (χ1v) is 7.38. The standard InChI is InChI=1S/C17H20N2O/c1-13-7-9-14(10-8-13)17(20)15-11-18-19(12-15)16-5-3-2-4-6-16/h2-6,11-14H,7-10H2,1H3. The molecule has 1 fully saturated rings. The minimum atomic E-state index is 0.194. The molecule has 2 aromatic rings. The van der Waals surface area contributed by atoms with E-state index >= 15 is 0 Å². The molecule has 0 bridgehead atoms. The lowest BCUT2D eigenvalue weighted by Crippen LogP contribution is -2.20. The number of benzene rings is 1. The summed E-state index contributed by atoms with van der Waals surface area (Å²) in [4.78, 5) is 12.5. The van der Waals surface area contributed by atoms with Crippen molar-refractivity contribution in [1.29, 1.82) is 0 Å². The van der Waals surface area contributed by atoms with Gasteiger partial charge in [0.2, 0.25) is 0 Å². The molecule has 3 rings (SSSR count). The molecule has 0 radical (unpaired) electrons. The van der Waals surface area contributed by atoms with Crippen LogP contribution in [0.15, 0.2) is 42.7 Å². The topological polar surface area (TPSA) is 34.9 Å². The average Bonchev–Trinajstić information content (AvgIpc) is 2.98. The van der Waals surface area contributed by atoms with Gasteiger partial charge < -0.3 is 0 Å². The van der Waals surface area contributed by atoms with Crippen molar-refractivity contribution in [3.05, 3.63) is 48.3 Å². The van der Waals surface area contributed by atoms with Gasteiger partial charge in [0.15, 0.2) is 5.78 Å². The summed E-state index contributed by atoms with van der Waals surface area (Å²) in [5, 5.41) is 4.31. The van der Waals surface area contributed by atoms with Crippen molar-refractivity contribution < 1.29 is 4.79 Å². The zero-order valence-corrected chi connectivity index (χ0v) is 11.8. The van der Waals surface area contributed by atoms with Gasteiger partial charge in [-0.25, -0.2) is 4.68 Å². The molecule has 0 saturated heterocycles. The van der Waals surface area contributed by atoms with Crippen molar-refractivity contribution in [2.45, 2.75) is 32.6 Å². The molecular weight excluding hydrogens is 248 g/mol. The van der Waals surface area contributed by atoms with Gasteiger partial charge in [-0.05, 0) is 30.9 Å². The van der Waals surface area contributed by atoms with Crippen LogP contribution in [0.2, 0.25) is 0 Å². The maximum Gasteiger partial charge on any atom is 0.169 e. The smallest absolute Gasteiger partial charge is 0.169 e. The normalized spacial score (nSPS) is 22.6. The van der Waals surface area contributed by atoms with Gasteiger partial charge in [-0.15, -0.1) is 0 Å². The zero-order chi connectivity index (χ0) is 13.9. The van der Waals surface area contributed by atoms with Crippen molar-refractivity contribution in [2.75, 3.05) is 0 Å². The molecule has 3 nitrogen and oxygen atoms in total. The molecule has 1 aliphatic rings. The SMILES string of the molecule is CC1CCC(C(=O)c2cnn(-c3ccccc3)c2)CC1. The van der Waals surface area contributed by atoms with Gasteiger partial charge in [0.05, 0.1) is 17.4 Å². The number of ketones is 1. The Morgan fingerprint density at radius 3 is 2.55 bits per heavy atom. The number of nitrogens with zero attached hydrogens (tertiary/aromatic N) is 2. The van der Waals surface area contributed by atoms with Crippen LogP contribution >= 0.6 is 0 Å². The summed E-state index contributed by atoms with van der Waals surface area (Å²) in [6.45, 7) is 2.27. The lowest BCUT2D eigenvalue weighted by Gasteiger charge is -2.24. The second-order valence-corrected chi connectivity index (χ2v) is 5.83. The molecule has 3 heteroatoms. The highest BCUT2D eigenvalue weighted by atomic mass is 16.1. The van der Waals surface area contributed by atoms with Gasteiger partial charge in [-0.2, -0.15) is 5.10 Å². The van der Waals surface area contributed by atoms with Crippen LogP contribution in [0.1, 0.15) is 43.0 Å². The third-order valence-electron chi connectivity index (χ3n) is 4.27. The van der Waals surface area contributed by atoms with E-state index in [2.05, 4.69) is 12.0 Å². The Bertz CT molecular complexity index is 580. The molecule has 1 aliphatic carbocycles. The fraction of sp³-hybridized carbons (Fsp3) is 0.412. The van der Waals surface area contributed by atoms with Crippen LogP contribution in [0, 0.1) is 11.8 Å². The number of carbonyl (C=O) groups is 1. The Morgan fingerprint density at radius 2 is 1.85 bits per heavy atom. The number of hydrogen-bond donors (Lipinski definition) is 0. The van der Waals surface area contributed by atoms with Gasteiger partial charge >= 0.3 is 0 Å². The molecule has 1 heterocycles. The molecule has 1 aromatic heterocycles. The summed E-state index contributed by atoms with van der Waals surface area (Å²) >= 11 is 0. The van der Waals surface area contributed by atoms with E-state index < -0.39 is 0 Å². The van der Waals surface area contributed by atoms with Gasteiger partial charge in [0.25, 0.3) is 0 Å². The molecule has 104 valence electrons. The summed E-state index contributed by atoms with van der Waals surface area (Å²) in [5.41, 5.74) is 1.73. The van der Waals surface area contributed by atoms with Crippen molar-refractivity contribution in [3.63, 3.8) is 0 Å². The first kappa shape index (κ1) is 13.1. The molecule has 0 amide bonds. The number of hydrogen-bond acceptors (Lipinski definition) is 2. The van der Waals surface area contributed by atoms with E-state index in [-0.39, 0.29) is 11.7 Å². The third kappa shape index (κ3) is 2.67. The van der Waals surface area contributed by atoms with Crippen molar-refractivity contribution in [1.82, 2.24) is 9.78 Å². The number of Topliss-reactive ketones (excluding diaryl/α,β-unsaturated/α-hetero) is 1. The van der Waals surface area contributed by atoms with Gasteiger partial charge in [-0.1, -0.05) is 38.0 Å². The van der Waals surface area contributed by atoms with Gasteiger partial charge in [0, 0.05) is 12.1 Å².